The van der Waals surface area contributed by atoms with E-state index < -0.39 is 6.04 Å². The molecule has 0 saturated carbocycles. The van der Waals surface area contributed by atoms with Crippen LogP contribution >= 0.6 is 23.1 Å². The average molecular weight is 627 g/mol. The molecule has 2 heterocycles. The van der Waals surface area contributed by atoms with E-state index in [1.807, 2.05) is 98.9 Å². The van der Waals surface area contributed by atoms with Crippen LogP contribution in [0.2, 0.25) is 0 Å². The van der Waals surface area contributed by atoms with Crippen LogP contribution in [0.15, 0.2) is 83.4 Å². The van der Waals surface area contributed by atoms with Gasteiger partial charge in [0.1, 0.15) is 11.0 Å². The minimum absolute atomic E-state index is 0.0268. The molecule has 2 aromatic carbocycles. The number of amides is 2. The van der Waals surface area contributed by atoms with Crippen molar-refractivity contribution in [2.24, 2.45) is 5.92 Å². The van der Waals surface area contributed by atoms with Crippen molar-refractivity contribution >= 4 is 46.3 Å². The Morgan fingerprint density at radius 1 is 1.00 bits per heavy atom. The van der Waals surface area contributed by atoms with Crippen LogP contribution in [-0.2, 0) is 16.1 Å². The summed E-state index contributed by atoms with van der Waals surface area (Å²) in [6, 6.07) is 19.0. The number of thioether (sulfide) groups is 1. The molecule has 0 fully saturated rings. The standard InChI is InChI=1S/C34H38N6O2S2/c1-23-19-24(2)36-34(35-23)44-22-31(41)40(20-30-38-29(21-43-30)25-11-7-5-8-12-25)32(26-13-9-6-10-14-26)33(42)37-27-15-17-28(18-16-27)39(3)4/h5-9,11-12,15-19,21,26,32H,10,13-14,20,22H2,1-4H3,(H,37,42)/t26-,32+/m1/s1. The summed E-state index contributed by atoms with van der Waals surface area (Å²) < 4.78 is 0. The lowest BCUT2D eigenvalue weighted by atomic mass is 9.86. The molecule has 4 aromatic rings. The number of carbonyl (C=O) groups is 2. The predicted octanol–water partition coefficient (Wildman–Crippen LogP) is 6.77. The molecule has 5 rings (SSSR count). The summed E-state index contributed by atoms with van der Waals surface area (Å²) in [7, 11) is 3.96. The van der Waals surface area contributed by atoms with E-state index in [1.54, 1.807) is 4.90 Å². The number of allylic oxidation sites excluding steroid dienone is 2. The van der Waals surface area contributed by atoms with Gasteiger partial charge in [0.15, 0.2) is 5.16 Å². The number of nitrogens with zero attached hydrogens (tertiary/aromatic N) is 5. The van der Waals surface area contributed by atoms with Crippen molar-refractivity contribution in [3.05, 3.63) is 94.6 Å². The number of benzene rings is 2. The van der Waals surface area contributed by atoms with E-state index in [4.69, 9.17) is 4.98 Å². The van der Waals surface area contributed by atoms with E-state index in [0.717, 1.165) is 52.6 Å². The van der Waals surface area contributed by atoms with Crippen molar-refractivity contribution in [2.75, 3.05) is 30.1 Å². The van der Waals surface area contributed by atoms with Crippen molar-refractivity contribution < 1.29 is 9.59 Å². The monoisotopic (exact) mass is 626 g/mol. The minimum Gasteiger partial charge on any atom is -0.378 e. The maximum atomic E-state index is 14.2. The third kappa shape index (κ3) is 8.12. The first-order valence-corrected chi connectivity index (χ1v) is 16.6. The maximum Gasteiger partial charge on any atom is 0.247 e. The van der Waals surface area contributed by atoms with Gasteiger partial charge in [-0.25, -0.2) is 15.0 Å². The molecule has 44 heavy (non-hydrogen) atoms. The zero-order valence-corrected chi connectivity index (χ0v) is 27.2. The van der Waals surface area contributed by atoms with E-state index >= 15 is 0 Å². The molecule has 0 spiro atoms. The normalized spacial score (nSPS) is 15.0. The van der Waals surface area contributed by atoms with Crippen LogP contribution in [0.25, 0.3) is 11.3 Å². The molecule has 8 nitrogen and oxygen atoms in total. The summed E-state index contributed by atoms with van der Waals surface area (Å²) in [6.45, 7) is 4.08. The molecule has 0 radical (unpaired) electrons. The number of aromatic nitrogens is 3. The number of hydrogen-bond acceptors (Lipinski definition) is 8. The van der Waals surface area contributed by atoms with Crippen molar-refractivity contribution in [3.8, 4) is 11.3 Å². The Morgan fingerprint density at radius 3 is 2.39 bits per heavy atom. The molecule has 0 saturated heterocycles. The number of thiazole rings is 1. The summed E-state index contributed by atoms with van der Waals surface area (Å²) in [5, 5.41) is 6.47. The van der Waals surface area contributed by atoms with E-state index in [2.05, 4.69) is 27.4 Å². The van der Waals surface area contributed by atoms with Crippen LogP contribution in [0.1, 0.15) is 35.7 Å². The summed E-state index contributed by atoms with van der Waals surface area (Å²) in [5.41, 5.74) is 5.32. The largest absolute Gasteiger partial charge is 0.378 e. The Morgan fingerprint density at radius 2 is 1.73 bits per heavy atom. The first-order valence-electron chi connectivity index (χ1n) is 14.7. The van der Waals surface area contributed by atoms with Gasteiger partial charge in [-0.2, -0.15) is 0 Å². The Hall–Kier alpha value is -4.02. The van der Waals surface area contributed by atoms with Gasteiger partial charge in [-0.05, 0) is 69.4 Å². The highest BCUT2D eigenvalue weighted by atomic mass is 32.2. The number of hydrogen-bond donors (Lipinski definition) is 1. The average Bonchev–Trinajstić information content (AvgIpc) is 3.49. The zero-order chi connectivity index (χ0) is 31.1. The number of rotatable bonds is 11. The molecule has 0 unspecified atom stereocenters. The smallest absolute Gasteiger partial charge is 0.247 e. The van der Waals surface area contributed by atoms with Gasteiger partial charge in [-0.15, -0.1) is 11.3 Å². The molecule has 2 amide bonds. The van der Waals surface area contributed by atoms with Gasteiger partial charge in [0.2, 0.25) is 11.8 Å². The minimum atomic E-state index is -0.675. The lowest BCUT2D eigenvalue weighted by molar-refractivity contribution is -0.139. The fraction of sp³-hybridized carbons (Fsp3) is 0.324. The van der Waals surface area contributed by atoms with Gasteiger partial charge in [0.25, 0.3) is 0 Å². The first-order chi connectivity index (χ1) is 21.3. The molecule has 1 aliphatic carbocycles. The van der Waals surface area contributed by atoms with Crippen molar-refractivity contribution in [3.63, 3.8) is 0 Å². The fourth-order valence-electron chi connectivity index (χ4n) is 5.35. The Bertz CT molecular complexity index is 1580. The Labute approximate surface area is 267 Å². The lowest BCUT2D eigenvalue weighted by Crippen LogP contribution is -2.51. The summed E-state index contributed by atoms with van der Waals surface area (Å²) >= 11 is 2.81. The molecule has 0 aliphatic heterocycles. The first kappa shape index (κ1) is 31.4. The quantitative estimate of drug-likeness (QED) is 0.112. The van der Waals surface area contributed by atoms with Crippen LogP contribution in [0.5, 0.6) is 0 Å². The van der Waals surface area contributed by atoms with Crippen LogP contribution in [0.3, 0.4) is 0 Å². The molecular weight excluding hydrogens is 589 g/mol. The van der Waals surface area contributed by atoms with Crippen molar-refractivity contribution in [2.45, 2.75) is 50.9 Å². The molecule has 228 valence electrons. The molecule has 2 aromatic heterocycles. The van der Waals surface area contributed by atoms with E-state index in [1.165, 1.54) is 23.1 Å². The predicted molar refractivity (Wildman–Crippen MR) is 180 cm³/mol. The molecule has 2 atom stereocenters. The van der Waals surface area contributed by atoms with Gasteiger partial charge in [0, 0.05) is 47.8 Å². The van der Waals surface area contributed by atoms with Gasteiger partial charge in [0.05, 0.1) is 18.0 Å². The molecular formula is C34H38N6O2S2. The number of aryl methyl sites for hydroxylation is 2. The maximum absolute atomic E-state index is 14.2. The highest BCUT2D eigenvalue weighted by molar-refractivity contribution is 7.99. The Balaban J connectivity index is 1.45. The topological polar surface area (TPSA) is 91.3 Å². The molecule has 1 N–H and O–H groups in total. The van der Waals surface area contributed by atoms with Crippen LogP contribution in [0.4, 0.5) is 11.4 Å². The lowest BCUT2D eigenvalue weighted by Gasteiger charge is -2.36. The number of carbonyl (C=O) groups excluding carboxylic acids is 2. The van der Waals surface area contributed by atoms with Crippen molar-refractivity contribution in [1.82, 2.24) is 19.9 Å². The fourth-order valence-corrected chi connectivity index (χ4v) is 6.99. The van der Waals surface area contributed by atoms with Crippen LogP contribution in [-0.4, -0.2) is 57.6 Å². The van der Waals surface area contributed by atoms with Crippen LogP contribution in [0, 0.1) is 19.8 Å². The second-order valence-corrected chi connectivity index (χ2v) is 13.0. The third-order valence-electron chi connectivity index (χ3n) is 7.55. The van der Waals surface area contributed by atoms with Gasteiger partial charge >= 0.3 is 0 Å². The summed E-state index contributed by atoms with van der Waals surface area (Å²) in [4.78, 5) is 46.0. The molecule has 1 aliphatic rings. The number of anilines is 2. The molecule has 10 heteroatoms. The van der Waals surface area contributed by atoms with Gasteiger partial charge in [-0.1, -0.05) is 54.2 Å². The highest BCUT2D eigenvalue weighted by Gasteiger charge is 2.37. The van der Waals surface area contributed by atoms with Gasteiger partial charge in [-0.3, -0.25) is 9.59 Å². The number of nitrogens with one attached hydrogen (secondary N) is 1. The van der Waals surface area contributed by atoms with Crippen LogP contribution < -0.4 is 10.2 Å². The second kappa shape index (κ2) is 14.6. The van der Waals surface area contributed by atoms with Gasteiger partial charge < -0.3 is 15.1 Å². The highest BCUT2D eigenvalue weighted by Crippen LogP contribution is 2.30. The summed E-state index contributed by atoms with van der Waals surface area (Å²) in [6.07, 6.45) is 6.69. The SMILES string of the molecule is Cc1cc(C)nc(SCC(=O)N(Cc2nc(-c3ccccc3)cs2)[C@H](C(=O)Nc2ccc(N(C)C)cc2)[C@@H]2CC=CCC2)n1. The van der Waals surface area contributed by atoms with E-state index in [-0.39, 0.29) is 30.0 Å². The summed E-state index contributed by atoms with van der Waals surface area (Å²) in [5.74, 6) is -0.249. The second-order valence-electron chi connectivity index (χ2n) is 11.2. The van der Waals surface area contributed by atoms with E-state index in [0.29, 0.717) is 10.8 Å². The third-order valence-corrected chi connectivity index (χ3v) is 9.21. The zero-order valence-electron chi connectivity index (χ0n) is 25.6. The molecule has 0 bridgehead atoms. The Kier molecular flexibility index (Phi) is 10.4. The van der Waals surface area contributed by atoms with E-state index in [9.17, 15) is 9.59 Å². The van der Waals surface area contributed by atoms with Crippen molar-refractivity contribution in [1.29, 1.82) is 0 Å².